The number of nitrogens with two attached hydrogens (primary N) is 1. The Balaban J connectivity index is 0.000000704. The molecular formula is C15H25F2N3. The summed E-state index contributed by atoms with van der Waals surface area (Å²) in [6, 6.07) is 0. The minimum Gasteiger partial charge on any atom is -0.382 e. The Kier molecular flexibility index (Phi) is 4.66. The average molecular weight is 285 g/mol. The number of nitrogen functional groups attached to an aromatic ring is 1. The van der Waals surface area contributed by atoms with E-state index in [1.165, 1.54) is 6.42 Å². The van der Waals surface area contributed by atoms with Crippen LogP contribution in [0.25, 0.3) is 0 Å². The predicted molar refractivity (Wildman–Crippen MR) is 77.1 cm³/mol. The first-order chi connectivity index (χ1) is 9.57. The number of nitrogens with one attached hydrogen (secondary N) is 1. The van der Waals surface area contributed by atoms with E-state index in [1.807, 2.05) is 13.8 Å². The van der Waals surface area contributed by atoms with Gasteiger partial charge in [-0.25, -0.2) is 8.78 Å². The van der Waals surface area contributed by atoms with E-state index in [-0.39, 0.29) is 18.8 Å². The van der Waals surface area contributed by atoms with Crippen LogP contribution in [0.5, 0.6) is 0 Å². The van der Waals surface area contributed by atoms with Gasteiger partial charge in [0.2, 0.25) is 5.92 Å². The second-order valence-electron chi connectivity index (χ2n) is 5.69. The van der Waals surface area contributed by atoms with Gasteiger partial charge in [-0.2, -0.15) is 5.10 Å². The van der Waals surface area contributed by atoms with Gasteiger partial charge < -0.3 is 5.73 Å². The van der Waals surface area contributed by atoms with Gasteiger partial charge in [0.05, 0.1) is 0 Å². The standard InChI is InChI=1S/C13H19F2N3.C2H6/c14-13(15)6-4-9(5-7-13)11-10(8-2-1-3-8)12(16)18-17-11;1-2/h8-9H,1-7H2,(H3,16,17,18);1-2H3. The lowest BCUT2D eigenvalue weighted by atomic mass is 9.75. The highest BCUT2D eigenvalue weighted by atomic mass is 19.3. The molecule has 0 aromatic carbocycles. The number of nitrogens with zero attached hydrogens (tertiary/aromatic N) is 1. The molecule has 114 valence electrons. The maximum Gasteiger partial charge on any atom is 0.248 e. The number of alkyl halides is 2. The number of anilines is 1. The Bertz CT molecular complexity index is 428. The molecule has 2 aliphatic rings. The van der Waals surface area contributed by atoms with Crippen molar-refractivity contribution in [2.45, 2.75) is 76.6 Å². The van der Waals surface area contributed by atoms with Gasteiger partial charge in [-0.15, -0.1) is 0 Å². The SMILES string of the molecule is CC.Nc1n[nH]c(C2CCC(F)(F)CC2)c1C1CCC1. The maximum absolute atomic E-state index is 13.2. The first-order valence-electron chi connectivity index (χ1n) is 7.78. The van der Waals surface area contributed by atoms with Gasteiger partial charge in [0.25, 0.3) is 0 Å². The highest BCUT2D eigenvalue weighted by Gasteiger charge is 2.38. The predicted octanol–water partition coefficient (Wildman–Crippen LogP) is 4.58. The average Bonchev–Trinajstić information content (AvgIpc) is 2.73. The van der Waals surface area contributed by atoms with E-state index in [1.54, 1.807) is 0 Å². The van der Waals surface area contributed by atoms with Crippen LogP contribution in [0.3, 0.4) is 0 Å². The number of hydrogen-bond donors (Lipinski definition) is 2. The molecule has 2 fully saturated rings. The minimum atomic E-state index is -2.47. The lowest BCUT2D eigenvalue weighted by molar-refractivity contribution is -0.0385. The molecule has 0 spiro atoms. The Morgan fingerprint density at radius 2 is 1.70 bits per heavy atom. The molecule has 3 rings (SSSR count). The quantitative estimate of drug-likeness (QED) is 0.835. The first-order valence-corrected chi connectivity index (χ1v) is 7.78. The zero-order valence-corrected chi connectivity index (χ0v) is 12.4. The van der Waals surface area contributed by atoms with Crippen molar-refractivity contribution in [3.63, 3.8) is 0 Å². The summed E-state index contributed by atoms with van der Waals surface area (Å²) in [5.74, 6) is -1.21. The van der Waals surface area contributed by atoms with Crippen molar-refractivity contribution >= 4 is 5.82 Å². The lowest BCUT2D eigenvalue weighted by Crippen LogP contribution is -2.24. The molecule has 0 aliphatic heterocycles. The molecule has 0 saturated heterocycles. The van der Waals surface area contributed by atoms with Crippen LogP contribution in [0.1, 0.15) is 81.9 Å². The van der Waals surface area contributed by atoms with E-state index in [2.05, 4.69) is 10.2 Å². The van der Waals surface area contributed by atoms with Crippen molar-refractivity contribution in [2.75, 3.05) is 5.73 Å². The van der Waals surface area contributed by atoms with E-state index in [0.29, 0.717) is 24.6 Å². The van der Waals surface area contributed by atoms with Gasteiger partial charge in [0.1, 0.15) is 5.82 Å². The van der Waals surface area contributed by atoms with Crippen LogP contribution in [-0.4, -0.2) is 16.1 Å². The normalized spacial score (nSPS) is 22.8. The van der Waals surface area contributed by atoms with E-state index in [9.17, 15) is 8.78 Å². The number of rotatable bonds is 2. The third kappa shape index (κ3) is 2.96. The van der Waals surface area contributed by atoms with Crippen LogP contribution in [0, 0.1) is 0 Å². The molecule has 20 heavy (non-hydrogen) atoms. The monoisotopic (exact) mass is 285 g/mol. The summed E-state index contributed by atoms with van der Waals surface area (Å²) < 4.78 is 26.4. The molecule has 0 unspecified atom stereocenters. The topological polar surface area (TPSA) is 54.7 Å². The number of aromatic amines is 1. The highest BCUT2D eigenvalue weighted by Crippen LogP contribution is 2.46. The van der Waals surface area contributed by atoms with Crippen molar-refractivity contribution in [3.05, 3.63) is 11.3 Å². The van der Waals surface area contributed by atoms with Crippen molar-refractivity contribution in [2.24, 2.45) is 0 Å². The molecule has 1 aromatic heterocycles. The Hall–Kier alpha value is -1.13. The van der Waals surface area contributed by atoms with Crippen LogP contribution in [0.15, 0.2) is 0 Å². The van der Waals surface area contributed by atoms with Gasteiger partial charge in [-0.3, -0.25) is 5.10 Å². The minimum absolute atomic E-state index is 0.0132. The molecule has 1 heterocycles. The number of hydrogen-bond acceptors (Lipinski definition) is 2. The van der Waals surface area contributed by atoms with E-state index in [4.69, 9.17) is 5.73 Å². The van der Waals surface area contributed by atoms with E-state index < -0.39 is 5.92 Å². The molecule has 2 saturated carbocycles. The van der Waals surface area contributed by atoms with Gasteiger partial charge in [0.15, 0.2) is 0 Å². The maximum atomic E-state index is 13.2. The molecule has 0 amide bonds. The summed E-state index contributed by atoms with van der Waals surface area (Å²) in [6.07, 6.45) is 4.58. The molecule has 3 N–H and O–H groups in total. The third-order valence-corrected chi connectivity index (χ3v) is 4.50. The molecule has 2 aliphatic carbocycles. The fourth-order valence-electron chi connectivity index (χ4n) is 3.14. The van der Waals surface area contributed by atoms with E-state index in [0.717, 1.165) is 24.1 Å². The van der Waals surface area contributed by atoms with E-state index >= 15 is 0 Å². The summed E-state index contributed by atoms with van der Waals surface area (Å²) in [4.78, 5) is 0. The fourth-order valence-corrected chi connectivity index (χ4v) is 3.14. The Morgan fingerprint density at radius 3 is 2.20 bits per heavy atom. The molecule has 0 atom stereocenters. The highest BCUT2D eigenvalue weighted by molar-refractivity contribution is 5.47. The smallest absolute Gasteiger partial charge is 0.248 e. The number of aromatic nitrogens is 2. The third-order valence-electron chi connectivity index (χ3n) is 4.50. The number of halogens is 2. The first kappa shape index (κ1) is 15.3. The van der Waals surface area contributed by atoms with Crippen molar-refractivity contribution in [1.82, 2.24) is 10.2 Å². The molecule has 3 nitrogen and oxygen atoms in total. The van der Waals surface area contributed by atoms with Gasteiger partial charge in [0, 0.05) is 30.0 Å². The zero-order valence-electron chi connectivity index (χ0n) is 12.4. The van der Waals surface area contributed by atoms with Gasteiger partial charge in [-0.1, -0.05) is 20.3 Å². The van der Waals surface area contributed by atoms with Crippen LogP contribution in [0.4, 0.5) is 14.6 Å². The second-order valence-corrected chi connectivity index (χ2v) is 5.69. The fraction of sp³-hybridized carbons (Fsp3) is 0.800. The zero-order chi connectivity index (χ0) is 14.8. The van der Waals surface area contributed by atoms with Gasteiger partial charge in [-0.05, 0) is 31.6 Å². The second kappa shape index (κ2) is 6.10. The molecule has 0 bridgehead atoms. The van der Waals surface area contributed by atoms with Crippen LogP contribution in [-0.2, 0) is 0 Å². The van der Waals surface area contributed by atoms with Crippen LogP contribution in [0.2, 0.25) is 0 Å². The summed E-state index contributed by atoms with van der Waals surface area (Å²) in [7, 11) is 0. The lowest BCUT2D eigenvalue weighted by Gasteiger charge is -2.31. The number of H-pyrrole nitrogens is 1. The summed E-state index contributed by atoms with van der Waals surface area (Å²) in [5, 5.41) is 7.10. The van der Waals surface area contributed by atoms with Crippen LogP contribution < -0.4 is 5.73 Å². The van der Waals surface area contributed by atoms with Crippen molar-refractivity contribution in [3.8, 4) is 0 Å². The summed E-state index contributed by atoms with van der Waals surface area (Å²) in [6.45, 7) is 4.00. The summed E-state index contributed by atoms with van der Waals surface area (Å²) >= 11 is 0. The molecule has 5 heteroatoms. The Morgan fingerprint density at radius 1 is 1.10 bits per heavy atom. The van der Waals surface area contributed by atoms with Gasteiger partial charge >= 0.3 is 0 Å². The van der Waals surface area contributed by atoms with Crippen molar-refractivity contribution in [1.29, 1.82) is 0 Å². The van der Waals surface area contributed by atoms with Crippen molar-refractivity contribution < 1.29 is 8.78 Å². The Labute approximate surface area is 119 Å². The summed E-state index contributed by atoms with van der Waals surface area (Å²) in [5.41, 5.74) is 8.08. The largest absolute Gasteiger partial charge is 0.382 e. The van der Waals surface area contributed by atoms with Crippen LogP contribution >= 0.6 is 0 Å². The molecular weight excluding hydrogens is 260 g/mol. The molecule has 1 aromatic rings. The molecule has 0 radical (unpaired) electrons.